The van der Waals surface area contributed by atoms with Crippen molar-refractivity contribution in [3.05, 3.63) is 53.3 Å². The van der Waals surface area contributed by atoms with E-state index in [9.17, 15) is 9.18 Å². The van der Waals surface area contributed by atoms with Crippen LogP contribution in [0.5, 0.6) is 11.5 Å². The van der Waals surface area contributed by atoms with Gasteiger partial charge in [-0.2, -0.15) is 0 Å². The molecule has 3 aliphatic heterocycles. The Hall–Kier alpha value is -2.60. The molecule has 3 aliphatic rings. The van der Waals surface area contributed by atoms with Crippen molar-refractivity contribution < 1.29 is 23.4 Å². The number of halogens is 1. The highest BCUT2D eigenvalue weighted by atomic mass is 19.1. The maximum atomic E-state index is 14.5. The highest BCUT2D eigenvalue weighted by molar-refractivity contribution is 6.11. The molecule has 0 bridgehead atoms. The van der Waals surface area contributed by atoms with Crippen molar-refractivity contribution in [2.75, 3.05) is 31.8 Å². The zero-order valence-electron chi connectivity index (χ0n) is 15.0. The summed E-state index contributed by atoms with van der Waals surface area (Å²) in [6, 6.07) is 10.6. The molecule has 5 rings (SSSR count). The first-order chi connectivity index (χ1) is 13.1. The van der Waals surface area contributed by atoms with Gasteiger partial charge < -0.3 is 19.1 Å². The summed E-state index contributed by atoms with van der Waals surface area (Å²) in [7, 11) is 1.41. The molecule has 1 fully saturated rings. The largest absolute Gasteiger partial charge is 0.494 e. The lowest BCUT2D eigenvalue weighted by atomic mass is 9.77. The van der Waals surface area contributed by atoms with Gasteiger partial charge >= 0.3 is 0 Å². The van der Waals surface area contributed by atoms with E-state index >= 15 is 0 Å². The number of hydrogen-bond acceptors (Lipinski definition) is 4. The van der Waals surface area contributed by atoms with Gasteiger partial charge in [0.1, 0.15) is 17.8 Å². The Balaban J connectivity index is 1.64. The molecule has 1 spiro atoms. The van der Waals surface area contributed by atoms with Gasteiger partial charge in [0.2, 0.25) is 5.91 Å². The van der Waals surface area contributed by atoms with Gasteiger partial charge in [0.05, 0.1) is 19.8 Å². The number of fused-ring (bicyclic) bond motifs is 4. The second kappa shape index (κ2) is 5.96. The van der Waals surface area contributed by atoms with Crippen molar-refractivity contribution in [2.24, 2.45) is 0 Å². The summed E-state index contributed by atoms with van der Waals surface area (Å²) in [6.07, 6.45) is 1.99. The van der Waals surface area contributed by atoms with Gasteiger partial charge in [-0.1, -0.05) is 18.2 Å². The Morgan fingerprint density at radius 1 is 1.30 bits per heavy atom. The highest BCUT2D eigenvalue weighted by Crippen LogP contribution is 2.53. The molecule has 0 N–H and O–H groups in total. The highest BCUT2D eigenvalue weighted by Gasteiger charge is 2.57. The first-order valence-electron chi connectivity index (χ1n) is 9.19. The summed E-state index contributed by atoms with van der Waals surface area (Å²) in [5, 5.41) is 0. The van der Waals surface area contributed by atoms with Gasteiger partial charge in [-0.3, -0.25) is 4.79 Å². The first kappa shape index (κ1) is 16.6. The van der Waals surface area contributed by atoms with E-state index in [1.807, 2.05) is 24.3 Å². The number of carbonyl (C=O) groups excluding carboxylic acids is 1. The van der Waals surface area contributed by atoms with Crippen molar-refractivity contribution in [1.82, 2.24) is 0 Å². The molecule has 1 amide bonds. The van der Waals surface area contributed by atoms with E-state index in [0.29, 0.717) is 17.9 Å². The number of amides is 1. The minimum atomic E-state index is -1.02. The maximum absolute atomic E-state index is 14.5. The fourth-order valence-corrected chi connectivity index (χ4v) is 4.51. The topological polar surface area (TPSA) is 48.0 Å². The van der Waals surface area contributed by atoms with Crippen LogP contribution < -0.4 is 14.4 Å². The molecular formula is C21H20FNO4. The van der Waals surface area contributed by atoms with Crippen molar-refractivity contribution in [3.8, 4) is 11.5 Å². The molecule has 140 valence electrons. The number of carbonyl (C=O) groups is 1. The van der Waals surface area contributed by atoms with E-state index in [1.165, 1.54) is 19.2 Å². The van der Waals surface area contributed by atoms with Crippen molar-refractivity contribution in [1.29, 1.82) is 0 Å². The summed E-state index contributed by atoms with van der Waals surface area (Å²) in [6.45, 7) is 1.40. The van der Waals surface area contributed by atoms with Gasteiger partial charge in [-0.15, -0.1) is 0 Å². The third-order valence-corrected chi connectivity index (χ3v) is 5.83. The lowest BCUT2D eigenvalue weighted by Crippen LogP contribution is -2.45. The van der Waals surface area contributed by atoms with E-state index < -0.39 is 11.2 Å². The third-order valence-electron chi connectivity index (χ3n) is 5.83. The van der Waals surface area contributed by atoms with Crippen LogP contribution in [0.1, 0.15) is 24.0 Å². The summed E-state index contributed by atoms with van der Waals surface area (Å²) in [5.41, 5.74) is 1.26. The molecule has 0 radical (unpaired) electrons. The van der Waals surface area contributed by atoms with Crippen molar-refractivity contribution >= 4 is 11.6 Å². The van der Waals surface area contributed by atoms with Crippen molar-refractivity contribution in [3.63, 3.8) is 0 Å². The molecule has 1 saturated heterocycles. The van der Waals surface area contributed by atoms with Crippen LogP contribution in [0.4, 0.5) is 10.1 Å². The van der Waals surface area contributed by atoms with E-state index in [-0.39, 0.29) is 24.4 Å². The zero-order chi connectivity index (χ0) is 18.6. The standard InChI is InChI=1S/C21H20FNO4/c1-25-19-10-18-15(9-16(19)22)21(12-27-18)14-6-2-3-7-17(14)23(20(21)24)11-13-5-4-8-26-13/h2-3,6-7,9-10,13H,4-5,8,11-12H2,1H3/t13-,21?/m1/s1. The predicted molar refractivity (Wildman–Crippen MR) is 97.0 cm³/mol. The molecule has 1 unspecified atom stereocenters. The fourth-order valence-electron chi connectivity index (χ4n) is 4.51. The van der Waals surface area contributed by atoms with Crippen LogP contribution in [0.15, 0.2) is 36.4 Å². The molecular weight excluding hydrogens is 349 g/mol. The maximum Gasteiger partial charge on any atom is 0.245 e. The predicted octanol–water partition coefficient (Wildman–Crippen LogP) is 3.04. The molecule has 2 aromatic carbocycles. The molecule has 5 nitrogen and oxygen atoms in total. The Kier molecular flexibility index (Phi) is 3.65. The number of methoxy groups -OCH3 is 1. The van der Waals surface area contributed by atoms with Gasteiger partial charge in [0, 0.05) is 23.9 Å². The second-order valence-electron chi connectivity index (χ2n) is 7.24. The van der Waals surface area contributed by atoms with Crippen LogP contribution in [0.25, 0.3) is 0 Å². The van der Waals surface area contributed by atoms with Crippen LogP contribution in [-0.4, -0.2) is 38.9 Å². The summed E-state index contributed by atoms with van der Waals surface area (Å²) in [4.78, 5) is 15.4. The lowest BCUT2D eigenvalue weighted by molar-refractivity contribution is -0.122. The molecule has 0 aliphatic carbocycles. The summed E-state index contributed by atoms with van der Waals surface area (Å²) >= 11 is 0. The number of para-hydroxylation sites is 1. The molecule has 3 heterocycles. The molecule has 2 atom stereocenters. The van der Waals surface area contributed by atoms with Gasteiger partial charge in [-0.05, 0) is 30.5 Å². The lowest BCUT2D eigenvalue weighted by Gasteiger charge is -2.24. The van der Waals surface area contributed by atoms with Crippen LogP contribution in [0.3, 0.4) is 0 Å². The molecule has 2 aromatic rings. The first-order valence-corrected chi connectivity index (χ1v) is 9.19. The number of nitrogens with zero attached hydrogens (tertiary/aromatic N) is 1. The van der Waals surface area contributed by atoms with Gasteiger partial charge in [-0.25, -0.2) is 4.39 Å². The second-order valence-corrected chi connectivity index (χ2v) is 7.24. The van der Waals surface area contributed by atoms with Crippen LogP contribution >= 0.6 is 0 Å². The summed E-state index contributed by atoms with van der Waals surface area (Å²) < 4.78 is 31.1. The van der Waals surface area contributed by atoms with Gasteiger partial charge in [0.25, 0.3) is 0 Å². The number of rotatable bonds is 3. The Labute approximate surface area is 156 Å². The average molecular weight is 369 g/mol. The van der Waals surface area contributed by atoms with Crippen molar-refractivity contribution in [2.45, 2.75) is 24.4 Å². The minimum absolute atomic E-state index is 0.0338. The SMILES string of the molecule is COc1cc2c(cc1F)C1(CO2)C(=O)N(C[C@H]2CCCO2)c2ccccc21. The quantitative estimate of drug-likeness (QED) is 0.834. The fraction of sp³-hybridized carbons (Fsp3) is 0.381. The number of benzene rings is 2. The van der Waals surface area contributed by atoms with E-state index in [2.05, 4.69) is 0 Å². The van der Waals surface area contributed by atoms with Gasteiger partial charge in [0.15, 0.2) is 11.6 Å². The smallest absolute Gasteiger partial charge is 0.245 e. The molecule has 6 heteroatoms. The van der Waals surface area contributed by atoms with E-state index in [1.54, 1.807) is 4.90 Å². The van der Waals surface area contributed by atoms with Crippen LogP contribution in [0.2, 0.25) is 0 Å². The van der Waals surface area contributed by atoms with E-state index in [4.69, 9.17) is 14.2 Å². The Morgan fingerprint density at radius 3 is 2.93 bits per heavy atom. The third kappa shape index (κ3) is 2.22. The van der Waals surface area contributed by atoms with Crippen LogP contribution in [-0.2, 0) is 14.9 Å². The monoisotopic (exact) mass is 369 g/mol. The zero-order valence-corrected chi connectivity index (χ0v) is 15.0. The number of hydrogen-bond donors (Lipinski definition) is 0. The normalized spacial score (nSPS) is 25.6. The number of anilines is 1. The Bertz CT molecular complexity index is 924. The molecule has 27 heavy (non-hydrogen) atoms. The molecule has 0 saturated carbocycles. The molecule has 0 aromatic heterocycles. The Morgan fingerprint density at radius 2 is 2.15 bits per heavy atom. The summed E-state index contributed by atoms with van der Waals surface area (Å²) in [5.74, 6) is 0.0302. The minimum Gasteiger partial charge on any atom is -0.494 e. The van der Waals surface area contributed by atoms with Crippen LogP contribution in [0, 0.1) is 5.82 Å². The van der Waals surface area contributed by atoms with E-state index in [0.717, 1.165) is 30.7 Å². The number of ether oxygens (including phenoxy) is 3. The average Bonchev–Trinajstić information content (AvgIpc) is 3.38.